The molecule has 0 N–H and O–H groups in total. The molecule has 2 rings (SSSR count). The maximum atomic E-state index is 5.79. The Morgan fingerprint density at radius 1 is 0.773 bits per heavy atom. The number of hydrogen-bond donors (Lipinski definition) is 0. The fraction of sp³-hybridized carbons (Fsp3) is 0.294. The lowest BCUT2D eigenvalue weighted by Gasteiger charge is -2.10. The van der Waals surface area contributed by atoms with Crippen LogP contribution in [0, 0.1) is 6.08 Å². The van der Waals surface area contributed by atoms with Gasteiger partial charge in [-0.2, -0.15) is 0 Å². The molecule has 0 heterocycles. The molecule has 0 atom stereocenters. The summed E-state index contributed by atoms with van der Waals surface area (Å²) in [5.41, 5.74) is 0.911. The molecule has 1 aromatic carbocycles. The van der Waals surface area contributed by atoms with Crippen LogP contribution in [0.25, 0.3) is 0 Å². The molecule has 0 amide bonds. The zero-order valence-corrected chi connectivity index (χ0v) is 13.1. The van der Waals surface area contributed by atoms with Gasteiger partial charge < -0.3 is 23.7 Å². The number of rotatable bonds is 7. The second kappa shape index (κ2) is 7.38. The van der Waals surface area contributed by atoms with Crippen molar-refractivity contribution in [2.75, 3.05) is 35.0 Å². The smallest absolute Gasteiger partial charge is 0.293 e. The number of allylic oxidation sites excluding steroid dienone is 2. The average Bonchev–Trinajstić information content (AvgIpc) is 2.59. The van der Waals surface area contributed by atoms with Crippen molar-refractivity contribution >= 4 is 0 Å². The molecule has 0 saturated heterocycles. The average molecular weight is 303 g/mol. The van der Waals surface area contributed by atoms with Gasteiger partial charge in [0.05, 0.1) is 40.6 Å². The van der Waals surface area contributed by atoms with E-state index in [0.717, 1.165) is 5.57 Å². The zero-order chi connectivity index (χ0) is 15.9. The molecule has 5 heteroatoms. The van der Waals surface area contributed by atoms with E-state index in [1.54, 1.807) is 46.6 Å². The molecule has 0 aromatic heterocycles. The molecule has 0 fully saturated rings. The molecule has 0 saturated carbocycles. The van der Waals surface area contributed by atoms with Gasteiger partial charge in [0, 0.05) is 18.2 Å². The lowest BCUT2D eigenvalue weighted by Crippen LogP contribution is -2.05. The van der Waals surface area contributed by atoms with Gasteiger partial charge in [-0.05, 0) is 0 Å². The first-order chi connectivity index (χ1) is 10.7. The van der Waals surface area contributed by atoms with E-state index >= 15 is 0 Å². The van der Waals surface area contributed by atoms with E-state index in [1.807, 2.05) is 12.2 Å². The predicted molar refractivity (Wildman–Crippen MR) is 82.0 cm³/mol. The van der Waals surface area contributed by atoms with E-state index in [4.69, 9.17) is 23.7 Å². The maximum absolute atomic E-state index is 5.79. The van der Waals surface area contributed by atoms with Crippen molar-refractivity contribution in [1.29, 1.82) is 0 Å². The van der Waals surface area contributed by atoms with Gasteiger partial charge in [-0.1, -0.05) is 0 Å². The van der Waals surface area contributed by atoms with Crippen molar-refractivity contribution in [3.05, 3.63) is 53.5 Å². The Hall–Kier alpha value is -2.65. The standard InChI is InChI=1S/C17H19O5/c1-18-13-5-12(6-14(7-13)19-2)11-22-17-9-15(20-3)8-16(10-17)21-4/h5-6,8-10H,11H2,1-4H3/q+1. The monoisotopic (exact) mass is 303 g/mol. The van der Waals surface area contributed by atoms with Crippen molar-refractivity contribution in [3.8, 4) is 17.2 Å². The van der Waals surface area contributed by atoms with Crippen LogP contribution in [0.4, 0.5) is 0 Å². The zero-order valence-electron chi connectivity index (χ0n) is 13.1. The van der Waals surface area contributed by atoms with Crippen LogP contribution >= 0.6 is 0 Å². The van der Waals surface area contributed by atoms with Crippen LogP contribution in [0.3, 0.4) is 0 Å². The highest BCUT2D eigenvalue weighted by Crippen LogP contribution is 2.28. The molecule has 0 spiro atoms. The molecule has 0 radical (unpaired) electrons. The summed E-state index contributed by atoms with van der Waals surface area (Å²) in [6.45, 7) is 0.359. The van der Waals surface area contributed by atoms with Crippen LogP contribution in [0.1, 0.15) is 0 Å². The van der Waals surface area contributed by atoms with Crippen molar-refractivity contribution in [2.45, 2.75) is 0 Å². The number of hydrogen-bond acceptors (Lipinski definition) is 5. The van der Waals surface area contributed by atoms with Crippen LogP contribution in [-0.4, -0.2) is 35.0 Å². The van der Waals surface area contributed by atoms with E-state index in [9.17, 15) is 0 Å². The first kappa shape index (κ1) is 15.7. The number of methoxy groups -OCH3 is 4. The maximum Gasteiger partial charge on any atom is 0.293 e. The first-order valence-electron chi connectivity index (χ1n) is 6.68. The largest absolute Gasteiger partial charge is 0.496 e. The Morgan fingerprint density at radius 3 is 1.95 bits per heavy atom. The Morgan fingerprint density at radius 2 is 1.41 bits per heavy atom. The minimum atomic E-state index is 0.359. The highest BCUT2D eigenvalue weighted by atomic mass is 16.5. The minimum absolute atomic E-state index is 0.359. The van der Waals surface area contributed by atoms with E-state index in [-0.39, 0.29) is 0 Å². The highest BCUT2D eigenvalue weighted by Gasteiger charge is 2.19. The van der Waals surface area contributed by atoms with Gasteiger partial charge in [0.1, 0.15) is 35.5 Å². The molecule has 116 valence electrons. The van der Waals surface area contributed by atoms with E-state index < -0.39 is 0 Å². The summed E-state index contributed by atoms with van der Waals surface area (Å²) in [5.74, 6) is 3.20. The third kappa shape index (κ3) is 3.93. The summed E-state index contributed by atoms with van der Waals surface area (Å²) in [5, 5.41) is 0. The predicted octanol–water partition coefficient (Wildman–Crippen LogP) is 2.89. The molecule has 1 aliphatic carbocycles. The molecule has 1 aliphatic rings. The van der Waals surface area contributed by atoms with Crippen LogP contribution in [0.15, 0.2) is 47.4 Å². The third-order valence-electron chi connectivity index (χ3n) is 3.05. The van der Waals surface area contributed by atoms with Gasteiger partial charge >= 0.3 is 0 Å². The van der Waals surface area contributed by atoms with Gasteiger partial charge in [-0.15, -0.1) is 0 Å². The van der Waals surface area contributed by atoms with Crippen LogP contribution < -0.4 is 14.2 Å². The van der Waals surface area contributed by atoms with Crippen molar-refractivity contribution in [3.63, 3.8) is 0 Å². The van der Waals surface area contributed by atoms with Gasteiger partial charge in [-0.25, -0.2) is 0 Å². The Labute approximate surface area is 130 Å². The summed E-state index contributed by atoms with van der Waals surface area (Å²) >= 11 is 0. The summed E-state index contributed by atoms with van der Waals surface area (Å²) in [4.78, 5) is 0. The Balaban J connectivity index is 2.11. The van der Waals surface area contributed by atoms with Crippen molar-refractivity contribution in [2.24, 2.45) is 0 Å². The Bertz CT molecular complexity index is 586. The van der Waals surface area contributed by atoms with Gasteiger partial charge in [0.15, 0.2) is 0 Å². The SMILES string of the molecule is COC1=[C+]C(OC)=CC(COc2cc(OC)cc(OC)c2)=C1. The fourth-order valence-corrected chi connectivity index (χ4v) is 1.91. The summed E-state index contributed by atoms with van der Waals surface area (Å²) in [6.07, 6.45) is 6.67. The van der Waals surface area contributed by atoms with E-state index in [1.165, 1.54) is 0 Å². The molecule has 22 heavy (non-hydrogen) atoms. The molecule has 5 nitrogen and oxygen atoms in total. The Kier molecular flexibility index (Phi) is 5.28. The number of benzene rings is 1. The topological polar surface area (TPSA) is 46.2 Å². The van der Waals surface area contributed by atoms with Crippen molar-refractivity contribution in [1.82, 2.24) is 0 Å². The molecule has 0 unspecified atom stereocenters. The van der Waals surface area contributed by atoms with Gasteiger partial charge in [0.25, 0.3) is 11.5 Å². The normalized spacial score (nSPS) is 13.2. The molecule has 0 aliphatic heterocycles. The minimum Gasteiger partial charge on any atom is -0.496 e. The quantitative estimate of drug-likeness (QED) is 0.725. The lowest BCUT2D eigenvalue weighted by atomic mass is 10.1. The lowest BCUT2D eigenvalue weighted by molar-refractivity contribution is 0.274. The van der Waals surface area contributed by atoms with Crippen LogP contribution in [0.2, 0.25) is 0 Å². The molecular formula is C17H19O5+. The molecule has 1 aromatic rings. The summed E-state index contributed by atoms with van der Waals surface area (Å²) < 4.78 is 26.6. The van der Waals surface area contributed by atoms with Crippen molar-refractivity contribution < 1.29 is 23.7 Å². The van der Waals surface area contributed by atoms with Gasteiger partial charge in [-0.3, -0.25) is 0 Å². The number of ether oxygens (including phenoxy) is 5. The van der Waals surface area contributed by atoms with E-state index in [2.05, 4.69) is 6.08 Å². The summed E-state index contributed by atoms with van der Waals surface area (Å²) in [7, 11) is 6.37. The van der Waals surface area contributed by atoms with Gasteiger partial charge in [0.2, 0.25) is 0 Å². The van der Waals surface area contributed by atoms with Crippen LogP contribution in [-0.2, 0) is 9.47 Å². The second-order valence-corrected chi connectivity index (χ2v) is 4.46. The molecular weight excluding hydrogens is 284 g/mol. The van der Waals surface area contributed by atoms with E-state index in [0.29, 0.717) is 35.4 Å². The summed E-state index contributed by atoms with van der Waals surface area (Å²) in [6, 6.07) is 5.38. The van der Waals surface area contributed by atoms with Crippen LogP contribution in [0.5, 0.6) is 17.2 Å². The fourth-order valence-electron chi connectivity index (χ4n) is 1.91. The second-order valence-electron chi connectivity index (χ2n) is 4.46. The third-order valence-corrected chi connectivity index (χ3v) is 3.05. The highest BCUT2D eigenvalue weighted by molar-refractivity contribution is 5.43. The first-order valence-corrected chi connectivity index (χ1v) is 6.68. The molecule has 0 bridgehead atoms.